The van der Waals surface area contributed by atoms with Crippen molar-refractivity contribution in [2.24, 2.45) is 0 Å². The number of hydrogen-bond acceptors (Lipinski definition) is 5. The molecule has 0 spiro atoms. The molecule has 0 saturated carbocycles. The summed E-state index contributed by atoms with van der Waals surface area (Å²) in [5.74, 6) is 4.89. The van der Waals surface area contributed by atoms with Gasteiger partial charge in [-0.2, -0.15) is 4.37 Å². The fourth-order valence-corrected chi connectivity index (χ4v) is 1.03. The largest absolute Gasteiger partial charge is 0.459 e. The summed E-state index contributed by atoms with van der Waals surface area (Å²) < 4.78 is 8.22. The van der Waals surface area contributed by atoms with Crippen molar-refractivity contribution in [3.8, 4) is 11.8 Å². The molecule has 0 aliphatic carbocycles. The fourth-order valence-electron chi connectivity index (χ4n) is 0.503. The number of aryl methyl sites for hydroxylation is 1. The van der Waals surface area contributed by atoms with Crippen LogP contribution in [0, 0.1) is 18.8 Å². The second-order valence-corrected chi connectivity index (χ2v) is 2.64. The molecule has 5 heteroatoms. The molecule has 1 aromatic rings. The smallest absolute Gasteiger partial charge is 0.384 e. The Morgan fingerprint density at radius 1 is 1.67 bits per heavy atom. The lowest BCUT2D eigenvalue weighted by molar-refractivity contribution is -0.133. The van der Waals surface area contributed by atoms with Gasteiger partial charge in [-0.05, 0) is 24.4 Å². The summed E-state index contributed by atoms with van der Waals surface area (Å²) in [5, 5.41) is 0.526. The Bertz CT molecular complexity index is 348. The lowest BCUT2D eigenvalue weighted by Crippen LogP contribution is -1.94. The third kappa shape index (κ3) is 2.32. The highest BCUT2D eigenvalue weighted by atomic mass is 32.1. The van der Waals surface area contributed by atoms with Crippen molar-refractivity contribution in [3.63, 3.8) is 0 Å². The molecule has 1 rings (SSSR count). The molecular formula is C7H6N2O2S. The number of aromatic nitrogens is 2. The van der Waals surface area contributed by atoms with E-state index in [0.29, 0.717) is 10.8 Å². The zero-order chi connectivity index (χ0) is 8.97. The third-order valence-corrected chi connectivity index (χ3v) is 1.71. The topological polar surface area (TPSA) is 52.1 Å². The van der Waals surface area contributed by atoms with Gasteiger partial charge in [0, 0.05) is 5.92 Å². The molecule has 0 aromatic carbocycles. The minimum absolute atomic E-state index is 0.526. The van der Waals surface area contributed by atoms with Crippen LogP contribution < -0.4 is 0 Å². The van der Waals surface area contributed by atoms with E-state index in [-0.39, 0.29) is 0 Å². The van der Waals surface area contributed by atoms with Crippen LogP contribution in [0.5, 0.6) is 0 Å². The first-order valence-electron chi connectivity index (χ1n) is 3.12. The van der Waals surface area contributed by atoms with Gasteiger partial charge in [-0.3, -0.25) is 0 Å². The molecule has 4 nitrogen and oxygen atoms in total. The van der Waals surface area contributed by atoms with Gasteiger partial charge < -0.3 is 4.74 Å². The van der Waals surface area contributed by atoms with Crippen molar-refractivity contribution in [2.75, 3.05) is 7.11 Å². The van der Waals surface area contributed by atoms with E-state index in [9.17, 15) is 4.79 Å². The van der Waals surface area contributed by atoms with E-state index in [1.807, 2.05) is 0 Å². The quantitative estimate of drug-likeness (QED) is 0.429. The van der Waals surface area contributed by atoms with Gasteiger partial charge in [-0.15, -0.1) is 0 Å². The lowest BCUT2D eigenvalue weighted by atomic mass is 10.6. The molecule has 0 atom stereocenters. The number of carbonyl (C=O) groups is 1. The van der Waals surface area contributed by atoms with Crippen molar-refractivity contribution >= 4 is 17.5 Å². The highest BCUT2D eigenvalue weighted by Gasteiger charge is 1.95. The highest BCUT2D eigenvalue weighted by Crippen LogP contribution is 2.00. The fraction of sp³-hybridized carbons (Fsp3) is 0.286. The molecule has 0 aliphatic rings. The molecular weight excluding hydrogens is 176 g/mol. The van der Waals surface area contributed by atoms with Crippen LogP contribution in [0.4, 0.5) is 0 Å². The molecule has 1 heterocycles. The molecule has 0 amide bonds. The van der Waals surface area contributed by atoms with Crippen LogP contribution in [-0.2, 0) is 9.53 Å². The summed E-state index contributed by atoms with van der Waals surface area (Å²) in [5.41, 5.74) is 0. The summed E-state index contributed by atoms with van der Waals surface area (Å²) in [4.78, 5) is 14.5. The molecule has 1 aromatic heterocycles. The Labute approximate surface area is 73.8 Å². The number of carbonyl (C=O) groups excluding carboxylic acids is 1. The second kappa shape index (κ2) is 3.83. The minimum atomic E-state index is -0.567. The Kier molecular flexibility index (Phi) is 2.77. The number of ether oxygens (including phenoxy) is 1. The van der Waals surface area contributed by atoms with Crippen molar-refractivity contribution in [1.29, 1.82) is 0 Å². The summed E-state index contributed by atoms with van der Waals surface area (Å²) >= 11 is 1.16. The highest BCUT2D eigenvalue weighted by molar-refractivity contribution is 7.06. The second-order valence-electron chi connectivity index (χ2n) is 1.89. The number of hydrogen-bond donors (Lipinski definition) is 0. The minimum Gasteiger partial charge on any atom is -0.459 e. The first-order chi connectivity index (χ1) is 5.72. The van der Waals surface area contributed by atoms with Crippen LogP contribution in [0.3, 0.4) is 0 Å². The Hall–Kier alpha value is -1.41. The zero-order valence-electron chi connectivity index (χ0n) is 6.62. The number of esters is 1. The van der Waals surface area contributed by atoms with Crippen molar-refractivity contribution < 1.29 is 9.53 Å². The van der Waals surface area contributed by atoms with Gasteiger partial charge >= 0.3 is 5.97 Å². The normalized spacial score (nSPS) is 8.50. The predicted molar refractivity (Wildman–Crippen MR) is 43.5 cm³/mol. The maximum absolute atomic E-state index is 10.6. The van der Waals surface area contributed by atoms with E-state index in [0.717, 1.165) is 11.5 Å². The first kappa shape index (κ1) is 8.68. The van der Waals surface area contributed by atoms with Gasteiger partial charge in [0.2, 0.25) is 0 Å². The van der Waals surface area contributed by atoms with Gasteiger partial charge in [-0.25, -0.2) is 9.78 Å². The van der Waals surface area contributed by atoms with Crippen molar-refractivity contribution in [3.05, 3.63) is 10.8 Å². The summed E-state index contributed by atoms with van der Waals surface area (Å²) in [6.45, 7) is 1.76. The van der Waals surface area contributed by atoms with Crippen molar-refractivity contribution in [2.45, 2.75) is 6.92 Å². The summed E-state index contributed by atoms with van der Waals surface area (Å²) in [7, 11) is 1.28. The number of methoxy groups -OCH3 is 1. The van der Waals surface area contributed by atoms with Gasteiger partial charge in [0.25, 0.3) is 0 Å². The summed E-state index contributed by atoms with van der Waals surface area (Å²) in [6.07, 6.45) is 0. The van der Waals surface area contributed by atoms with E-state index in [2.05, 4.69) is 25.9 Å². The number of nitrogens with zero attached hydrogens (tertiary/aromatic N) is 2. The van der Waals surface area contributed by atoms with Crippen LogP contribution >= 0.6 is 11.5 Å². The number of rotatable bonds is 0. The van der Waals surface area contributed by atoms with E-state index < -0.39 is 5.97 Å². The maximum Gasteiger partial charge on any atom is 0.384 e. The first-order valence-corrected chi connectivity index (χ1v) is 3.90. The molecule has 0 saturated heterocycles. The monoisotopic (exact) mass is 182 g/mol. The van der Waals surface area contributed by atoms with Crippen LogP contribution in [0.2, 0.25) is 0 Å². The van der Waals surface area contributed by atoms with E-state index in [4.69, 9.17) is 0 Å². The van der Waals surface area contributed by atoms with Crippen LogP contribution in [-0.4, -0.2) is 22.4 Å². The van der Waals surface area contributed by atoms with Gasteiger partial charge in [0.15, 0.2) is 5.01 Å². The summed E-state index contributed by atoms with van der Waals surface area (Å²) in [6, 6.07) is 0. The molecule has 0 unspecified atom stereocenters. The Balaban J connectivity index is 2.73. The van der Waals surface area contributed by atoms with Crippen LogP contribution in [0.1, 0.15) is 10.8 Å². The zero-order valence-corrected chi connectivity index (χ0v) is 7.44. The average molecular weight is 182 g/mol. The van der Waals surface area contributed by atoms with Gasteiger partial charge in [0.05, 0.1) is 7.11 Å². The molecule has 62 valence electrons. The SMILES string of the molecule is COC(=O)C#Cc1nc(C)ns1. The predicted octanol–water partition coefficient (Wildman–Crippen LogP) is 0.371. The average Bonchev–Trinajstić information content (AvgIpc) is 2.47. The third-order valence-electron chi connectivity index (χ3n) is 0.984. The van der Waals surface area contributed by atoms with Crippen molar-refractivity contribution in [1.82, 2.24) is 9.36 Å². The molecule has 0 aliphatic heterocycles. The van der Waals surface area contributed by atoms with E-state index in [1.54, 1.807) is 6.92 Å². The van der Waals surface area contributed by atoms with Gasteiger partial charge in [-0.1, -0.05) is 0 Å². The van der Waals surface area contributed by atoms with Crippen LogP contribution in [0.15, 0.2) is 0 Å². The van der Waals surface area contributed by atoms with Crippen LogP contribution in [0.25, 0.3) is 0 Å². The molecule has 12 heavy (non-hydrogen) atoms. The lowest BCUT2D eigenvalue weighted by Gasteiger charge is -1.82. The molecule has 0 radical (unpaired) electrons. The molecule has 0 N–H and O–H groups in total. The Morgan fingerprint density at radius 3 is 2.92 bits per heavy atom. The molecule has 0 fully saturated rings. The van der Waals surface area contributed by atoms with Gasteiger partial charge in [0.1, 0.15) is 5.82 Å². The maximum atomic E-state index is 10.6. The molecule has 0 bridgehead atoms. The van der Waals surface area contributed by atoms with E-state index in [1.165, 1.54) is 7.11 Å². The van der Waals surface area contributed by atoms with E-state index >= 15 is 0 Å². The Morgan fingerprint density at radius 2 is 2.42 bits per heavy atom. The standard InChI is InChI=1S/C7H6N2O2S/c1-5-8-6(12-9-5)3-4-7(10)11-2/h1-2H3.